The Morgan fingerprint density at radius 3 is 2.23 bits per heavy atom. The highest BCUT2D eigenvalue weighted by atomic mass is 14.2. The average Bonchev–Trinajstić information content (AvgIpc) is 2.58. The van der Waals surface area contributed by atoms with E-state index in [2.05, 4.69) is 32.6 Å². The van der Waals surface area contributed by atoms with Gasteiger partial charge < -0.3 is 0 Å². The predicted molar refractivity (Wildman–Crippen MR) is 59.7 cm³/mol. The first-order valence-corrected chi connectivity index (χ1v) is 5.21. The second kappa shape index (κ2) is 5.06. The van der Waals surface area contributed by atoms with Crippen LogP contribution in [0.5, 0.6) is 0 Å². The van der Waals surface area contributed by atoms with Crippen molar-refractivity contribution >= 4 is 0 Å². The fourth-order valence-electron chi connectivity index (χ4n) is 1.89. The van der Waals surface area contributed by atoms with Crippen LogP contribution in [0.15, 0.2) is 36.0 Å². The van der Waals surface area contributed by atoms with E-state index in [9.17, 15) is 0 Å². The first kappa shape index (κ1) is 10.3. The van der Waals surface area contributed by atoms with Crippen molar-refractivity contribution in [2.75, 3.05) is 0 Å². The van der Waals surface area contributed by atoms with Crippen molar-refractivity contribution in [2.24, 2.45) is 5.92 Å². The number of allylic oxidation sites excluding steroid dienone is 5. The highest BCUT2D eigenvalue weighted by Gasteiger charge is 2.16. The normalized spacial score (nSPS) is 18.8. The van der Waals surface area contributed by atoms with Gasteiger partial charge in [-0.3, -0.25) is 0 Å². The third-order valence-corrected chi connectivity index (χ3v) is 2.67. The van der Waals surface area contributed by atoms with Gasteiger partial charge in [0.25, 0.3) is 0 Å². The summed E-state index contributed by atoms with van der Waals surface area (Å²) in [6.07, 6.45) is 11.9. The molecule has 0 nitrogen and oxygen atoms in total. The largest absolute Gasteiger partial charge is 0.0988 e. The summed E-state index contributed by atoms with van der Waals surface area (Å²) >= 11 is 0. The Hall–Kier alpha value is -0.780. The van der Waals surface area contributed by atoms with Crippen LogP contribution in [0.2, 0.25) is 0 Å². The van der Waals surface area contributed by atoms with Gasteiger partial charge in [-0.1, -0.05) is 43.2 Å². The van der Waals surface area contributed by atoms with E-state index in [0.29, 0.717) is 0 Å². The van der Waals surface area contributed by atoms with Crippen LogP contribution in [-0.2, 0) is 0 Å². The minimum absolute atomic E-state index is 0.785. The number of hydrogen-bond donors (Lipinski definition) is 0. The zero-order valence-electron chi connectivity index (χ0n) is 8.84. The Morgan fingerprint density at radius 1 is 1.15 bits per heavy atom. The average molecular weight is 176 g/mol. The predicted octanol–water partition coefficient (Wildman–Crippen LogP) is 4.26. The maximum absolute atomic E-state index is 3.89. The molecule has 0 spiro atoms. The van der Waals surface area contributed by atoms with Gasteiger partial charge in [-0.15, -0.1) is 0 Å². The quantitative estimate of drug-likeness (QED) is 0.564. The summed E-state index contributed by atoms with van der Waals surface area (Å²) in [5, 5.41) is 0. The molecule has 0 N–H and O–H groups in total. The highest BCUT2D eigenvalue weighted by Crippen LogP contribution is 2.31. The van der Waals surface area contributed by atoms with Crippen molar-refractivity contribution in [2.45, 2.75) is 39.5 Å². The highest BCUT2D eigenvalue weighted by molar-refractivity contribution is 5.26. The van der Waals surface area contributed by atoms with Crippen molar-refractivity contribution in [3.63, 3.8) is 0 Å². The lowest BCUT2D eigenvalue weighted by Crippen LogP contribution is -1.94. The molecule has 72 valence electrons. The smallest absolute Gasteiger partial charge is 0.0162 e. The summed E-state index contributed by atoms with van der Waals surface area (Å²) in [6.45, 7) is 8.15. The molecular formula is C13H20. The third-order valence-electron chi connectivity index (χ3n) is 2.67. The molecule has 0 aromatic carbocycles. The first-order chi connectivity index (χ1) is 6.24. The maximum atomic E-state index is 3.89. The molecule has 13 heavy (non-hydrogen) atoms. The molecule has 0 heterocycles. The Bertz CT molecular complexity index is 220. The van der Waals surface area contributed by atoms with Gasteiger partial charge in [-0.25, -0.2) is 0 Å². The van der Waals surface area contributed by atoms with E-state index in [4.69, 9.17) is 0 Å². The van der Waals surface area contributed by atoms with Crippen molar-refractivity contribution in [3.8, 4) is 0 Å². The van der Waals surface area contributed by atoms with Crippen LogP contribution in [0.1, 0.15) is 39.5 Å². The molecule has 0 aliphatic heterocycles. The van der Waals surface area contributed by atoms with Gasteiger partial charge in [0.1, 0.15) is 0 Å². The lowest BCUT2D eigenvalue weighted by atomic mass is 9.97. The molecule has 0 aromatic rings. The zero-order chi connectivity index (χ0) is 9.68. The molecule has 0 aromatic heterocycles. The molecule has 1 fully saturated rings. The Kier molecular flexibility index (Phi) is 4.01. The number of rotatable bonds is 3. The van der Waals surface area contributed by atoms with Crippen LogP contribution >= 0.6 is 0 Å². The summed E-state index contributed by atoms with van der Waals surface area (Å²) < 4.78 is 0. The fourth-order valence-corrected chi connectivity index (χ4v) is 1.89. The van der Waals surface area contributed by atoms with Crippen molar-refractivity contribution in [1.29, 1.82) is 0 Å². The molecule has 0 unspecified atom stereocenters. The molecule has 0 bridgehead atoms. The standard InChI is InChI=1S/C13H20/c1-4-12(10-9-11(2)3)13-7-5-6-8-13/h4,9-10,13H,1,5-8H2,2-3H3/b12-10+. The summed E-state index contributed by atoms with van der Waals surface area (Å²) in [4.78, 5) is 0. The molecule has 1 aliphatic rings. The molecular weight excluding hydrogens is 156 g/mol. The van der Waals surface area contributed by atoms with Gasteiger partial charge in [0, 0.05) is 0 Å². The molecule has 1 rings (SSSR count). The van der Waals surface area contributed by atoms with Crippen LogP contribution in [0.4, 0.5) is 0 Å². The maximum Gasteiger partial charge on any atom is -0.0162 e. The van der Waals surface area contributed by atoms with Gasteiger partial charge in [-0.2, -0.15) is 0 Å². The minimum Gasteiger partial charge on any atom is -0.0988 e. The van der Waals surface area contributed by atoms with Crippen molar-refractivity contribution < 1.29 is 0 Å². The Morgan fingerprint density at radius 2 is 1.77 bits per heavy atom. The van der Waals surface area contributed by atoms with Gasteiger partial charge in [0.2, 0.25) is 0 Å². The van der Waals surface area contributed by atoms with Crippen LogP contribution < -0.4 is 0 Å². The van der Waals surface area contributed by atoms with E-state index in [0.717, 1.165) is 5.92 Å². The van der Waals surface area contributed by atoms with E-state index in [1.54, 1.807) is 0 Å². The van der Waals surface area contributed by atoms with Crippen LogP contribution in [0.25, 0.3) is 0 Å². The van der Waals surface area contributed by atoms with E-state index < -0.39 is 0 Å². The molecule has 1 saturated carbocycles. The molecule has 0 atom stereocenters. The van der Waals surface area contributed by atoms with Crippen molar-refractivity contribution in [3.05, 3.63) is 36.0 Å². The van der Waals surface area contributed by atoms with E-state index in [1.165, 1.54) is 36.8 Å². The second-order valence-electron chi connectivity index (χ2n) is 4.10. The second-order valence-corrected chi connectivity index (χ2v) is 4.10. The Balaban J connectivity index is 2.65. The third kappa shape index (κ3) is 3.22. The fraction of sp³-hybridized carbons (Fsp3) is 0.538. The summed E-state index contributed by atoms with van der Waals surface area (Å²) in [5.41, 5.74) is 2.79. The molecule has 0 amide bonds. The van der Waals surface area contributed by atoms with Crippen LogP contribution in [-0.4, -0.2) is 0 Å². The van der Waals surface area contributed by atoms with Gasteiger partial charge >= 0.3 is 0 Å². The number of hydrogen-bond acceptors (Lipinski definition) is 0. The van der Waals surface area contributed by atoms with E-state index in [1.807, 2.05) is 6.08 Å². The van der Waals surface area contributed by atoms with Crippen LogP contribution in [0, 0.1) is 5.92 Å². The van der Waals surface area contributed by atoms with E-state index >= 15 is 0 Å². The summed E-state index contributed by atoms with van der Waals surface area (Å²) in [5.74, 6) is 0.785. The molecule has 0 heteroatoms. The van der Waals surface area contributed by atoms with E-state index in [-0.39, 0.29) is 0 Å². The molecule has 0 saturated heterocycles. The van der Waals surface area contributed by atoms with Crippen molar-refractivity contribution in [1.82, 2.24) is 0 Å². The SMILES string of the molecule is C=C/C(=C\C=C(C)C)C1CCCC1. The van der Waals surface area contributed by atoms with Gasteiger partial charge in [0.15, 0.2) is 0 Å². The first-order valence-electron chi connectivity index (χ1n) is 5.21. The Labute approximate surface area is 82.0 Å². The lowest BCUT2D eigenvalue weighted by Gasteiger charge is -2.08. The van der Waals surface area contributed by atoms with Gasteiger partial charge in [0.05, 0.1) is 0 Å². The molecule has 1 aliphatic carbocycles. The minimum atomic E-state index is 0.785. The summed E-state index contributed by atoms with van der Waals surface area (Å²) in [6, 6.07) is 0. The summed E-state index contributed by atoms with van der Waals surface area (Å²) in [7, 11) is 0. The zero-order valence-corrected chi connectivity index (χ0v) is 8.84. The molecule has 0 radical (unpaired) electrons. The van der Waals surface area contributed by atoms with Gasteiger partial charge in [-0.05, 0) is 38.2 Å². The monoisotopic (exact) mass is 176 g/mol. The van der Waals surface area contributed by atoms with Crippen LogP contribution in [0.3, 0.4) is 0 Å². The topological polar surface area (TPSA) is 0 Å². The lowest BCUT2D eigenvalue weighted by molar-refractivity contribution is 0.658.